The molecule has 0 aliphatic carbocycles. The summed E-state index contributed by atoms with van der Waals surface area (Å²) in [6, 6.07) is 0. The first kappa shape index (κ1) is 14.2. The fourth-order valence-corrected chi connectivity index (χ4v) is 1.95. The minimum atomic E-state index is -0.425. The molecule has 0 fully saturated rings. The van der Waals surface area contributed by atoms with Gasteiger partial charge < -0.3 is 10.8 Å². The molecule has 1 rings (SSSR count). The van der Waals surface area contributed by atoms with Gasteiger partial charge in [-0.15, -0.1) is 0 Å². The van der Waals surface area contributed by atoms with Gasteiger partial charge in [0, 0.05) is 17.8 Å². The van der Waals surface area contributed by atoms with Gasteiger partial charge in [-0.1, -0.05) is 6.92 Å². The lowest BCUT2D eigenvalue weighted by atomic mass is 9.93. The number of aliphatic hydroxyl groups is 1. The maximum atomic E-state index is 9.24. The van der Waals surface area contributed by atoms with Crippen LogP contribution in [0.5, 0.6) is 0 Å². The predicted octanol–water partition coefficient (Wildman–Crippen LogP) is 1.69. The quantitative estimate of drug-likeness (QED) is 0.794. The van der Waals surface area contributed by atoms with Crippen LogP contribution in [0.15, 0.2) is 0 Å². The first-order valence-electron chi connectivity index (χ1n) is 6.34. The fraction of sp³-hybridized carbons (Fsp3) is 0.769. The average Bonchev–Trinajstić information content (AvgIpc) is 2.57. The molecule has 0 saturated heterocycles. The highest BCUT2D eigenvalue weighted by molar-refractivity contribution is 5.21. The van der Waals surface area contributed by atoms with Crippen LogP contribution in [0.2, 0.25) is 0 Å². The molecule has 0 radical (unpaired) electrons. The molecule has 0 aliphatic rings. The molecular weight excluding hydrogens is 214 g/mol. The van der Waals surface area contributed by atoms with Crippen molar-refractivity contribution in [2.75, 3.05) is 6.61 Å². The second kappa shape index (κ2) is 5.65. The zero-order chi connectivity index (χ0) is 13.1. The molecule has 0 aromatic carbocycles. The summed E-state index contributed by atoms with van der Waals surface area (Å²) in [5, 5.41) is 13.7. The minimum absolute atomic E-state index is 0.0552. The van der Waals surface area contributed by atoms with E-state index in [9.17, 15) is 5.11 Å². The Hall–Kier alpha value is -0.870. The molecule has 0 aliphatic heterocycles. The van der Waals surface area contributed by atoms with Crippen molar-refractivity contribution in [1.29, 1.82) is 0 Å². The summed E-state index contributed by atoms with van der Waals surface area (Å²) in [6.07, 6.45) is 2.59. The highest BCUT2D eigenvalue weighted by atomic mass is 16.3. The summed E-state index contributed by atoms with van der Waals surface area (Å²) in [4.78, 5) is 0. The molecule has 1 heterocycles. The largest absolute Gasteiger partial charge is 0.394 e. The van der Waals surface area contributed by atoms with E-state index in [-0.39, 0.29) is 6.61 Å². The average molecular weight is 239 g/mol. The van der Waals surface area contributed by atoms with E-state index in [0.29, 0.717) is 0 Å². The van der Waals surface area contributed by atoms with Crippen LogP contribution >= 0.6 is 0 Å². The fourth-order valence-electron chi connectivity index (χ4n) is 1.95. The molecule has 3 N–H and O–H groups in total. The Morgan fingerprint density at radius 1 is 1.35 bits per heavy atom. The molecule has 0 amide bonds. The lowest BCUT2D eigenvalue weighted by Gasteiger charge is -2.25. The van der Waals surface area contributed by atoms with Gasteiger partial charge in [-0.05, 0) is 45.6 Å². The van der Waals surface area contributed by atoms with Crippen LogP contribution in [-0.4, -0.2) is 27.0 Å². The molecule has 1 aromatic heterocycles. The monoisotopic (exact) mass is 239 g/mol. The third-order valence-electron chi connectivity index (χ3n) is 3.81. The third kappa shape index (κ3) is 3.30. The van der Waals surface area contributed by atoms with E-state index in [0.717, 1.165) is 31.5 Å². The molecular formula is C13H25N3O. The second-order valence-corrected chi connectivity index (χ2v) is 5.00. The standard InChI is InChI=1S/C13H25N3O/c1-5-13(14,9-17)7-6-8-16-12(4)10(2)11(3)15-16/h17H,5-9,14H2,1-4H3. The van der Waals surface area contributed by atoms with Crippen LogP contribution < -0.4 is 5.73 Å². The first-order valence-corrected chi connectivity index (χ1v) is 6.34. The number of rotatable bonds is 6. The Kier molecular flexibility index (Phi) is 4.71. The van der Waals surface area contributed by atoms with Gasteiger partial charge in [0.25, 0.3) is 0 Å². The molecule has 1 atom stereocenters. The number of hydrogen-bond donors (Lipinski definition) is 2. The van der Waals surface area contributed by atoms with Gasteiger partial charge in [0.1, 0.15) is 0 Å². The molecule has 0 bridgehead atoms. The van der Waals surface area contributed by atoms with E-state index in [1.165, 1.54) is 11.3 Å². The van der Waals surface area contributed by atoms with Crippen LogP contribution in [0.25, 0.3) is 0 Å². The molecule has 0 saturated carbocycles. The van der Waals surface area contributed by atoms with Gasteiger partial charge in [-0.2, -0.15) is 5.10 Å². The predicted molar refractivity (Wildman–Crippen MR) is 70.0 cm³/mol. The van der Waals surface area contributed by atoms with Gasteiger partial charge in [-0.25, -0.2) is 0 Å². The summed E-state index contributed by atoms with van der Waals surface area (Å²) in [5.41, 5.74) is 9.22. The van der Waals surface area contributed by atoms with E-state index in [1.807, 2.05) is 18.5 Å². The van der Waals surface area contributed by atoms with Crippen molar-refractivity contribution < 1.29 is 5.11 Å². The van der Waals surface area contributed by atoms with Gasteiger partial charge in [0.05, 0.1) is 12.3 Å². The lowest BCUT2D eigenvalue weighted by molar-refractivity contribution is 0.178. The molecule has 17 heavy (non-hydrogen) atoms. The molecule has 1 aromatic rings. The Balaban J connectivity index is 2.54. The highest BCUT2D eigenvalue weighted by Gasteiger charge is 2.21. The van der Waals surface area contributed by atoms with Crippen molar-refractivity contribution in [3.63, 3.8) is 0 Å². The molecule has 98 valence electrons. The van der Waals surface area contributed by atoms with Crippen molar-refractivity contribution in [2.24, 2.45) is 5.73 Å². The number of nitrogens with two attached hydrogens (primary N) is 1. The molecule has 4 nitrogen and oxygen atoms in total. The normalized spacial score (nSPS) is 14.9. The lowest BCUT2D eigenvalue weighted by Crippen LogP contribution is -2.43. The van der Waals surface area contributed by atoms with E-state index >= 15 is 0 Å². The first-order chi connectivity index (χ1) is 7.93. The van der Waals surface area contributed by atoms with E-state index < -0.39 is 5.54 Å². The second-order valence-electron chi connectivity index (χ2n) is 5.00. The minimum Gasteiger partial charge on any atom is -0.394 e. The maximum Gasteiger partial charge on any atom is 0.0625 e. The van der Waals surface area contributed by atoms with Crippen LogP contribution in [0.1, 0.15) is 43.1 Å². The van der Waals surface area contributed by atoms with Gasteiger partial charge >= 0.3 is 0 Å². The zero-order valence-corrected chi connectivity index (χ0v) is 11.5. The maximum absolute atomic E-state index is 9.24. The molecule has 0 spiro atoms. The van der Waals surface area contributed by atoms with Crippen molar-refractivity contribution in [3.05, 3.63) is 17.0 Å². The zero-order valence-electron chi connectivity index (χ0n) is 11.5. The van der Waals surface area contributed by atoms with E-state index in [4.69, 9.17) is 5.73 Å². The summed E-state index contributed by atoms with van der Waals surface area (Å²) in [7, 11) is 0. The smallest absolute Gasteiger partial charge is 0.0625 e. The van der Waals surface area contributed by atoms with Gasteiger partial charge in [-0.3, -0.25) is 4.68 Å². The topological polar surface area (TPSA) is 64.1 Å². The Morgan fingerprint density at radius 2 is 2.00 bits per heavy atom. The van der Waals surface area contributed by atoms with Gasteiger partial charge in [0.2, 0.25) is 0 Å². The summed E-state index contributed by atoms with van der Waals surface area (Å²) < 4.78 is 2.04. The Bertz CT molecular complexity index is 367. The van der Waals surface area contributed by atoms with Crippen molar-refractivity contribution in [2.45, 2.75) is 59.0 Å². The van der Waals surface area contributed by atoms with Crippen LogP contribution in [0.4, 0.5) is 0 Å². The Labute approximate surface area is 104 Å². The number of hydrogen-bond acceptors (Lipinski definition) is 3. The van der Waals surface area contributed by atoms with E-state index in [1.54, 1.807) is 0 Å². The summed E-state index contributed by atoms with van der Waals surface area (Å²) in [5.74, 6) is 0. The van der Waals surface area contributed by atoms with Crippen molar-refractivity contribution in [1.82, 2.24) is 9.78 Å². The van der Waals surface area contributed by atoms with Crippen molar-refractivity contribution in [3.8, 4) is 0 Å². The molecule has 1 unspecified atom stereocenters. The third-order valence-corrected chi connectivity index (χ3v) is 3.81. The SMILES string of the molecule is CCC(N)(CO)CCCn1nc(C)c(C)c1C. The summed E-state index contributed by atoms with van der Waals surface area (Å²) in [6.45, 7) is 9.17. The number of nitrogens with zero attached hydrogens (tertiary/aromatic N) is 2. The highest BCUT2D eigenvalue weighted by Crippen LogP contribution is 2.16. The number of aromatic nitrogens is 2. The van der Waals surface area contributed by atoms with E-state index in [2.05, 4.69) is 18.9 Å². The van der Waals surface area contributed by atoms with Crippen LogP contribution in [-0.2, 0) is 6.54 Å². The number of aliphatic hydroxyl groups excluding tert-OH is 1. The van der Waals surface area contributed by atoms with Crippen LogP contribution in [0, 0.1) is 20.8 Å². The number of aryl methyl sites for hydroxylation is 2. The summed E-state index contributed by atoms with van der Waals surface area (Å²) >= 11 is 0. The van der Waals surface area contributed by atoms with Crippen LogP contribution in [0.3, 0.4) is 0 Å². The molecule has 4 heteroatoms. The van der Waals surface area contributed by atoms with Gasteiger partial charge in [0.15, 0.2) is 0 Å². The Morgan fingerprint density at radius 3 is 2.41 bits per heavy atom. The van der Waals surface area contributed by atoms with Crippen molar-refractivity contribution >= 4 is 0 Å².